The summed E-state index contributed by atoms with van der Waals surface area (Å²) in [6.45, 7) is 7.32. The molecule has 4 atom stereocenters. The Bertz CT molecular complexity index is 1870. The van der Waals surface area contributed by atoms with Crippen molar-refractivity contribution in [1.82, 2.24) is 40.4 Å². The summed E-state index contributed by atoms with van der Waals surface area (Å²) in [4.78, 5) is 70.2. The Hall–Kier alpha value is -4.64. The van der Waals surface area contributed by atoms with E-state index in [9.17, 15) is 24.0 Å². The fraction of sp³-hybridized carbons (Fsp3) is 0.673. The predicted molar refractivity (Wildman–Crippen MR) is 269 cm³/mol. The van der Waals surface area contributed by atoms with E-state index in [2.05, 4.69) is 30.7 Å². The number of fused-ring (bicyclic) bond motifs is 2. The van der Waals surface area contributed by atoms with Crippen molar-refractivity contribution in [2.45, 2.75) is 166 Å². The van der Waals surface area contributed by atoms with Gasteiger partial charge in [0.05, 0.1) is 24.2 Å². The molecule has 16 nitrogen and oxygen atoms in total. The van der Waals surface area contributed by atoms with Gasteiger partial charge in [-0.1, -0.05) is 93.8 Å². The molecule has 384 valence electrons. The average molecular weight is 982 g/mol. The highest BCUT2D eigenvalue weighted by atomic mass is 35.5. The SMILES string of the molecule is C.CO.Cl.O=C(OCc1ccccc1)N1CCC(N2CCC(N3C(=O)N[C@@H]4CCCC[C@@H]43)CC2)CC1.O=C1CCN(C(=O)OCc2ccccc2)CC1.O=C1N[C@@H]2CCCC[C@@H]2N1C1CCNCC1. The number of carbonyl (C=O) groups excluding carboxylic acids is 5. The molecule has 0 aromatic heterocycles. The number of halogens is 1. The molecule has 6 amide bonds. The fourth-order valence-corrected chi connectivity index (χ4v) is 11.5. The number of amides is 6. The third kappa shape index (κ3) is 15.2. The number of piperidine rings is 4. The zero-order chi connectivity index (χ0) is 47.0. The van der Waals surface area contributed by atoms with E-state index in [1.807, 2.05) is 65.6 Å². The van der Waals surface area contributed by atoms with E-state index in [4.69, 9.17) is 14.6 Å². The number of benzene rings is 2. The first-order valence-electron chi connectivity index (χ1n) is 25.3. The molecule has 6 heterocycles. The van der Waals surface area contributed by atoms with Crippen molar-refractivity contribution in [3.63, 3.8) is 0 Å². The number of ketones is 1. The maximum absolute atomic E-state index is 12.6. The molecule has 0 radical (unpaired) electrons. The maximum atomic E-state index is 12.6. The van der Waals surface area contributed by atoms with Crippen molar-refractivity contribution in [2.24, 2.45) is 0 Å². The fourth-order valence-electron chi connectivity index (χ4n) is 11.5. The van der Waals surface area contributed by atoms with Crippen molar-refractivity contribution >= 4 is 42.4 Å². The number of carbonyl (C=O) groups is 5. The second-order valence-electron chi connectivity index (χ2n) is 19.2. The van der Waals surface area contributed by atoms with Gasteiger partial charge in [-0.05, 0) is 88.4 Å². The van der Waals surface area contributed by atoms with Crippen LogP contribution in [0, 0.1) is 0 Å². The van der Waals surface area contributed by atoms with Crippen LogP contribution in [0.1, 0.15) is 121 Å². The standard InChI is InChI=1S/C25H36N4O3.C13H15NO3.C12H21N3O.CH4O.CH4.ClH/c30-24-26-22-8-4-5-9-23(22)29(24)21-12-14-27(15-13-21)20-10-16-28(17-11-20)25(31)32-18-19-6-2-1-3-7-19;15-12-6-8-14(9-7-12)13(16)17-10-11-4-2-1-3-5-11;16-12-14-10-3-1-2-4-11(10)15(12)9-5-7-13-8-6-9;1-2;;/h1-3,6-7,20-23H,4-5,8-18H2,(H,26,30);1-5H,6-10H2;9-11,13H,1-8H2,(H,14,16);2H,1H3;1H4;1H/t22-,23+;;10-,11+;;;/m1.1.../s1. The second-order valence-corrected chi connectivity index (χ2v) is 19.2. The van der Waals surface area contributed by atoms with E-state index >= 15 is 0 Å². The molecule has 8 aliphatic rings. The number of hydrogen-bond acceptors (Lipinski definition) is 10. The van der Waals surface area contributed by atoms with Crippen molar-refractivity contribution in [3.05, 3.63) is 71.8 Å². The predicted octanol–water partition coefficient (Wildman–Crippen LogP) is 7.32. The van der Waals surface area contributed by atoms with Crippen LogP contribution in [0.5, 0.6) is 0 Å². The zero-order valence-corrected chi connectivity index (χ0v) is 41.0. The number of hydrogen-bond donors (Lipinski definition) is 4. The lowest BCUT2D eigenvalue weighted by Gasteiger charge is -2.44. The summed E-state index contributed by atoms with van der Waals surface area (Å²) in [7, 11) is 1.00. The van der Waals surface area contributed by atoms with Crippen molar-refractivity contribution < 1.29 is 38.6 Å². The molecular weight excluding hydrogens is 900 g/mol. The minimum Gasteiger partial charge on any atom is -0.445 e. The van der Waals surface area contributed by atoms with Gasteiger partial charge in [-0.25, -0.2) is 19.2 Å². The average Bonchev–Trinajstić information content (AvgIpc) is 3.92. The van der Waals surface area contributed by atoms with Crippen LogP contribution in [0.25, 0.3) is 0 Å². The Kier molecular flexibility index (Phi) is 22.7. The first-order chi connectivity index (χ1) is 32.8. The topological polar surface area (TPSA) is 176 Å². The van der Waals surface area contributed by atoms with Crippen LogP contribution < -0.4 is 16.0 Å². The third-order valence-electron chi connectivity index (χ3n) is 15.1. The van der Waals surface area contributed by atoms with Gasteiger partial charge in [0, 0.05) is 77.3 Å². The molecule has 10 rings (SSSR count). The molecule has 69 heavy (non-hydrogen) atoms. The largest absolute Gasteiger partial charge is 0.445 e. The molecule has 4 N–H and O–H groups in total. The Labute approximate surface area is 416 Å². The Balaban J connectivity index is 0.000000204. The lowest BCUT2D eigenvalue weighted by Crippen LogP contribution is -2.53. The first-order valence-corrected chi connectivity index (χ1v) is 25.3. The van der Waals surface area contributed by atoms with Gasteiger partial charge in [0.1, 0.15) is 19.0 Å². The molecular formula is C52H81ClN8O8. The molecule has 8 fully saturated rings. The molecule has 6 aliphatic heterocycles. The Morgan fingerprint density at radius 3 is 1.42 bits per heavy atom. The normalized spacial score (nSPS) is 25.2. The minimum atomic E-state index is -0.332. The number of nitrogens with zero attached hydrogens (tertiary/aromatic N) is 5. The van der Waals surface area contributed by atoms with E-state index in [0.717, 1.165) is 109 Å². The molecule has 17 heteroatoms. The van der Waals surface area contributed by atoms with Gasteiger partial charge in [-0.15, -0.1) is 12.4 Å². The monoisotopic (exact) mass is 981 g/mol. The Morgan fingerprint density at radius 1 is 0.551 bits per heavy atom. The quantitative estimate of drug-likeness (QED) is 0.220. The van der Waals surface area contributed by atoms with Crippen LogP contribution in [0.4, 0.5) is 19.2 Å². The van der Waals surface area contributed by atoms with Crippen LogP contribution in [0.2, 0.25) is 0 Å². The van der Waals surface area contributed by atoms with E-state index in [0.29, 0.717) is 74.8 Å². The van der Waals surface area contributed by atoms with Crippen LogP contribution in [-0.2, 0) is 27.5 Å². The molecule has 2 aromatic carbocycles. The van der Waals surface area contributed by atoms with Crippen molar-refractivity contribution in [3.8, 4) is 0 Å². The minimum absolute atomic E-state index is 0. The van der Waals surface area contributed by atoms with Gasteiger partial charge in [-0.3, -0.25) is 4.79 Å². The number of likely N-dealkylation sites (tertiary alicyclic amines) is 3. The number of nitrogens with one attached hydrogen (secondary N) is 3. The second kappa shape index (κ2) is 28.3. The molecule has 0 unspecified atom stereocenters. The summed E-state index contributed by atoms with van der Waals surface area (Å²) in [6.07, 6.45) is 16.5. The number of aliphatic hydroxyl groups is 1. The highest BCUT2D eigenvalue weighted by Gasteiger charge is 2.45. The molecule has 0 bridgehead atoms. The van der Waals surface area contributed by atoms with Crippen molar-refractivity contribution in [2.75, 3.05) is 59.5 Å². The number of rotatable bonds is 7. The van der Waals surface area contributed by atoms with Crippen LogP contribution in [-0.4, -0.2) is 161 Å². The van der Waals surface area contributed by atoms with E-state index in [1.54, 1.807) is 4.90 Å². The van der Waals surface area contributed by atoms with E-state index in [1.165, 1.54) is 38.5 Å². The van der Waals surface area contributed by atoms with Gasteiger partial charge >= 0.3 is 24.2 Å². The third-order valence-corrected chi connectivity index (χ3v) is 15.1. The van der Waals surface area contributed by atoms with Gasteiger partial charge in [0.2, 0.25) is 0 Å². The zero-order valence-electron chi connectivity index (χ0n) is 40.1. The Morgan fingerprint density at radius 2 is 0.957 bits per heavy atom. The smallest absolute Gasteiger partial charge is 0.410 e. The van der Waals surface area contributed by atoms with Crippen LogP contribution in [0.15, 0.2) is 60.7 Å². The van der Waals surface area contributed by atoms with Gasteiger partial charge in [0.15, 0.2) is 0 Å². The summed E-state index contributed by atoms with van der Waals surface area (Å²) < 4.78 is 10.7. The van der Waals surface area contributed by atoms with Gasteiger partial charge in [-0.2, -0.15) is 0 Å². The van der Waals surface area contributed by atoms with Crippen LogP contribution in [0.3, 0.4) is 0 Å². The molecule has 0 spiro atoms. The summed E-state index contributed by atoms with van der Waals surface area (Å²) in [5.74, 6) is 0.220. The van der Waals surface area contributed by atoms with E-state index < -0.39 is 0 Å². The summed E-state index contributed by atoms with van der Waals surface area (Å²) >= 11 is 0. The summed E-state index contributed by atoms with van der Waals surface area (Å²) in [5, 5.41) is 16.8. The molecule has 2 saturated carbocycles. The maximum Gasteiger partial charge on any atom is 0.410 e. The number of Topliss-reactive ketones (excluding diaryl/α,β-unsaturated/α-hetero) is 1. The van der Waals surface area contributed by atoms with E-state index in [-0.39, 0.29) is 56.5 Å². The van der Waals surface area contributed by atoms with Crippen molar-refractivity contribution in [1.29, 1.82) is 0 Å². The highest BCUT2D eigenvalue weighted by Crippen LogP contribution is 2.34. The summed E-state index contributed by atoms with van der Waals surface area (Å²) in [5.41, 5.74) is 1.98. The van der Waals surface area contributed by atoms with Gasteiger partial charge < -0.3 is 55.0 Å². The number of urea groups is 2. The van der Waals surface area contributed by atoms with Gasteiger partial charge in [0.25, 0.3) is 0 Å². The molecule has 6 saturated heterocycles. The number of ether oxygens (including phenoxy) is 2. The highest BCUT2D eigenvalue weighted by molar-refractivity contribution is 5.85. The lowest BCUT2D eigenvalue weighted by molar-refractivity contribution is -0.121. The van der Waals surface area contributed by atoms with Crippen LogP contribution >= 0.6 is 12.4 Å². The first kappa shape index (κ1) is 55.3. The summed E-state index contributed by atoms with van der Waals surface area (Å²) in [6, 6.07) is 22.9. The molecule has 2 aliphatic carbocycles. The number of aliphatic hydroxyl groups excluding tert-OH is 1. The lowest BCUT2D eigenvalue weighted by atomic mass is 9.89. The molecule has 2 aromatic rings.